The Hall–Kier alpha value is -2.47. The number of carboxylic acid groups (broad SMARTS) is 1. The van der Waals surface area contributed by atoms with Gasteiger partial charge in [-0.05, 0) is 23.8 Å². The van der Waals surface area contributed by atoms with Crippen LogP contribution in [0.1, 0.15) is 30.6 Å². The molecule has 1 aromatic carbocycles. The minimum atomic E-state index is -0.948. The molecule has 0 unspecified atom stereocenters. The van der Waals surface area contributed by atoms with Gasteiger partial charge in [-0.3, -0.25) is 4.79 Å². The van der Waals surface area contributed by atoms with Crippen molar-refractivity contribution in [1.82, 2.24) is 10.3 Å². The normalized spacial score (nSPS) is 10.7. The van der Waals surface area contributed by atoms with Crippen LogP contribution in [0.3, 0.4) is 0 Å². The molecule has 1 amide bonds. The van der Waals surface area contributed by atoms with Crippen LogP contribution in [0.15, 0.2) is 30.5 Å². The molecular weight excluding hydrogens is 276 g/mol. The summed E-state index contributed by atoms with van der Waals surface area (Å²) >= 11 is 1.29. The second-order valence-electron chi connectivity index (χ2n) is 3.90. The van der Waals surface area contributed by atoms with Gasteiger partial charge in [-0.15, -0.1) is 11.3 Å². The van der Waals surface area contributed by atoms with Gasteiger partial charge < -0.3 is 10.4 Å². The van der Waals surface area contributed by atoms with Crippen LogP contribution in [0.4, 0.5) is 0 Å². The highest BCUT2D eigenvalue weighted by Crippen LogP contribution is 2.16. The van der Waals surface area contributed by atoms with E-state index in [1.54, 1.807) is 37.4 Å². The minimum absolute atomic E-state index is 0.159. The number of hydrogen-bond donors (Lipinski definition) is 2. The Labute approximate surface area is 119 Å². The van der Waals surface area contributed by atoms with Crippen molar-refractivity contribution < 1.29 is 14.7 Å². The summed E-state index contributed by atoms with van der Waals surface area (Å²) < 4.78 is 0. The lowest BCUT2D eigenvalue weighted by Crippen LogP contribution is -2.16. The first kappa shape index (κ1) is 14.0. The van der Waals surface area contributed by atoms with Crippen LogP contribution in [0.2, 0.25) is 0 Å². The minimum Gasteiger partial charge on any atom is -0.478 e. The number of carbonyl (C=O) groups excluding carboxylic acids is 1. The van der Waals surface area contributed by atoms with Gasteiger partial charge in [0.15, 0.2) is 0 Å². The number of nitrogens with zero attached hydrogens (tertiary/aromatic N) is 1. The van der Waals surface area contributed by atoms with Crippen molar-refractivity contribution in [2.24, 2.45) is 0 Å². The number of carbonyl (C=O) groups is 2. The van der Waals surface area contributed by atoms with Gasteiger partial charge in [0.1, 0.15) is 9.88 Å². The molecular formula is C14H12N2O3S. The van der Waals surface area contributed by atoms with Crippen molar-refractivity contribution in [3.8, 4) is 0 Å². The van der Waals surface area contributed by atoms with E-state index >= 15 is 0 Å². The first-order chi connectivity index (χ1) is 9.60. The smallest absolute Gasteiger partial charge is 0.335 e. The molecule has 5 nitrogen and oxygen atoms in total. The third kappa shape index (κ3) is 3.30. The van der Waals surface area contributed by atoms with E-state index in [1.165, 1.54) is 17.5 Å². The first-order valence-electron chi connectivity index (χ1n) is 5.79. The van der Waals surface area contributed by atoms with Gasteiger partial charge in [-0.2, -0.15) is 0 Å². The third-order valence-electron chi connectivity index (χ3n) is 2.55. The van der Waals surface area contributed by atoms with Gasteiger partial charge in [0.05, 0.1) is 11.8 Å². The number of aromatic nitrogens is 1. The molecule has 0 radical (unpaired) electrons. The Morgan fingerprint density at radius 1 is 1.25 bits per heavy atom. The lowest BCUT2D eigenvalue weighted by molar-refractivity contribution is 0.0696. The summed E-state index contributed by atoms with van der Waals surface area (Å²) in [4.78, 5) is 26.8. The number of thiazole rings is 1. The highest BCUT2D eigenvalue weighted by molar-refractivity contribution is 7.14. The summed E-state index contributed by atoms with van der Waals surface area (Å²) in [7, 11) is 1.57. The SMILES string of the molecule is CNC(=O)c1cnc(/C=C\c2ccc(C(=O)O)cc2)s1. The molecule has 102 valence electrons. The van der Waals surface area contributed by atoms with Crippen LogP contribution in [0, 0.1) is 0 Å². The molecule has 2 aromatic rings. The molecule has 0 aliphatic rings. The molecule has 0 aliphatic heterocycles. The largest absolute Gasteiger partial charge is 0.478 e. The molecule has 0 saturated carbocycles. The Bertz CT molecular complexity index is 659. The lowest BCUT2D eigenvalue weighted by Gasteiger charge is -1.95. The maximum absolute atomic E-state index is 11.4. The summed E-state index contributed by atoms with van der Waals surface area (Å²) in [5, 5.41) is 12.0. The van der Waals surface area contributed by atoms with E-state index in [4.69, 9.17) is 5.11 Å². The fourth-order valence-corrected chi connectivity index (χ4v) is 2.26. The Morgan fingerprint density at radius 2 is 1.95 bits per heavy atom. The highest BCUT2D eigenvalue weighted by Gasteiger charge is 2.06. The Kier molecular flexibility index (Phi) is 4.27. The van der Waals surface area contributed by atoms with Crippen molar-refractivity contribution >= 4 is 35.4 Å². The van der Waals surface area contributed by atoms with Crippen LogP contribution >= 0.6 is 11.3 Å². The second kappa shape index (κ2) is 6.12. The van der Waals surface area contributed by atoms with Gasteiger partial charge in [0, 0.05) is 7.05 Å². The molecule has 0 fully saturated rings. The fraction of sp³-hybridized carbons (Fsp3) is 0.0714. The van der Waals surface area contributed by atoms with E-state index in [9.17, 15) is 9.59 Å². The van der Waals surface area contributed by atoms with Crippen LogP contribution < -0.4 is 5.32 Å². The Morgan fingerprint density at radius 3 is 2.55 bits per heavy atom. The molecule has 6 heteroatoms. The summed E-state index contributed by atoms with van der Waals surface area (Å²) in [6, 6.07) is 6.51. The predicted molar refractivity (Wildman–Crippen MR) is 77.8 cm³/mol. The lowest BCUT2D eigenvalue weighted by atomic mass is 10.1. The highest BCUT2D eigenvalue weighted by atomic mass is 32.1. The standard InChI is InChI=1S/C14H12N2O3S/c1-15-13(17)11-8-16-12(20-11)7-4-9-2-5-10(6-3-9)14(18)19/h2-8H,1H3,(H,15,17)(H,18,19)/b7-4-. The van der Waals surface area contributed by atoms with Crippen LogP contribution in [-0.4, -0.2) is 29.0 Å². The first-order valence-corrected chi connectivity index (χ1v) is 6.61. The van der Waals surface area contributed by atoms with Gasteiger partial charge in [-0.25, -0.2) is 9.78 Å². The van der Waals surface area contributed by atoms with Crippen LogP contribution in [-0.2, 0) is 0 Å². The zero-order chi connectivity index (χ0) is 14.5. The summed E-state index contributed by atoms with van der Waals surface area (Å²) in [5.41, 5.74) is 1.12. The van der Waals surface area contributed by atoms with Crippen molar-refractivity contribution in [2.75, 3.05) is 7.05 Å². The van der Waals surface area contributed by atoms with Crippen molar-refractivity contribution in [2.45, 2.75) is 0 Å². The van der Waals surface area contributed by atoms with Crippen molar-refractivity contribution in [3.05, 3.63) is 51.5 Å². The number of hydrogen-bond acceptors (Lipinski definition) is 4. The number of carboxylic acids is 1. The second-order valence-corrected chi connectivity index (χ2v) is 4.96. The average molecular weight is 288 g/mol. The van der Waals surface area contributed by atoms with E-state index in [1.807, 2.05) is 6.08 Å². The van der Waals surface area contributed by atoms with Crippen molar-refractivity contribution in [1.29, 1.82) is 0 Å². The molecule has 20 heavy (non-hydrogen) atoms. The third-order valence-corrected chi connectivity index (χ3v) is 3.51. The molecule has 0 aliphatic carbocycles. The zero-order valence-corrected chi connectivity index (χ0v) is 11.5. The van der Waals surface area contributed by atoms with E-state index in [0.717, 1.165) is 5.56 Å². The van der Waals surface area contributed by atoms with Crippen molar-refractivity contribution in [3.63, 3.8) is 0 Å². The molecule has 0 atom stereocenters. The summed E-state index contributed by atoms with van der Waals surface area (Å²) in [6.45, 7) is 0. The van der Waals surface area contributed by atoms with Crippen LogP contribution in [0.25, 0.3) is 12.2 Å². The van der Waals surface area contributed by atoms with Gasteiger partial charge in [-0.1, -0.05) is 18.2 Å². The monoisotopic (exact) mass is 288 g/mol. The average Bonchev–Trinajstić information content (AvgIpc) is 2.93. The van der Waals surface area contributed by atoms with Crippen LogP contribution in [0.5, 0.6) is 0 Å². The van der Waals surface area contributed by atoms with Gasteiger partial charge >= 0.3 is 5.97 Å². The van der Waals surface area contributed by atoms with E-state index in [0.29, 0.717) is 9.88 Å². The number of benzene rings is 1. The summed E-state index contributed by atoms with van der Waals surface area (Å²) in [6.07, 6.45) is 5.13. The molecule has 2 N–H and O–H groups in total. The fourth-order valence-electron chi connectivity index (χ4n) is 1.50. The molecule has 0 bridgehead atoms. The quantitative estimate of drug-likeness (QED) is 0.905. The predicted octanol–water partition coefficient (Wildman–Crippen LogP) is 2.37. The molecule has 0 saturated heterocycles. The maximum atomic E-state index is 11.4. The Balaban J connectivity index is 2.11. The topological polar surface area (TPSA) is 79.3 Å². The maximum Gasteiger partial charge on any atom is 0.335 e. The number of nitrogens with one attached hydrogen (secondary N) is 1. The van der Waals surface area contributed by atoms with E-state index < -0.39 is 5.97 Å². The zero-order valence-electron chi connectivity index (χ0n) is 10.7. The van der Waals surface area contributed by atoms with E-state index in [-0.39, 0.29) is 11.5 Å². The molecule has 0 spiro atoms. The molecule has 2 rings (SSSR count). The molecule has 1 aromatic heterocycles. The van der Waals surface area contributed by atoms with Gasteiger partial charge in [0.2, 0.25) is 0 Å². The number of aromatic carboxylic acids is 1. The number of amides is 1. The number of rotatable bonds is 4. The summed E-state index contributed by atoms with van der Waals surface area (Å²) in [5.74, 6) is -1.11. The van der Waals surface area contributed by atoms with E-state index in [2.05, 4.69) is 10.3 Å². The van der Waals surface area contributed by atoms with Gasteiger partial charge in [0.25, 0.3) is 5.91 Å². The molecule has 1 heterocycles.